The maximum absolute atomic E-state index is 16.7. The number of aryl methyl sites for hydroxylation is 1. The first-order valence-electron chi connectivity index (χ1n) is 14.2. The third-order valence-electron chi connectivity index (χ3n) is 7.45. The monoisotopic (exact) mass is 679 g/mol. The molecule has 0 radical (unpaired) electrons. The van der Waals surface area contributed by atoms with Crippen molar-refractivity contribution >= 4 is 11.8 Å². The van der Waals surface area contributed by atoms with Gasteiger partial charge < -0.3 is 15.2 Å². The van der Waals surface area contributed by atoms with Crippen molar-refractivity contribution in [3.63, 3.8) is 0 Å². The molecule has 17 heteroatoms. The molecule has 3 N–H and O–H groups in total. The number of rotatable bonds is 9. The van der Waals surface area contributed by atoms with Crippen LogP contribution in [0, 0.1) is 6.92 Å². The van der Waals surface area contributed by atoms with E-state index in [9.17, 15) is 31.1 Å². The summed E-state index contributed by atoms with van der Waals surface area (Å²) in [5, 5.41) is 2.37. The molecule has 8 nitrogen and oxygen atoms in total. The summed E-state index contributed by atoms with van der Waals surface area (Å²) in [5.41, 5.74) is 0.751. The van der Waals surface area contributed by atoms with Gasteiger partial charge in [-0.1, -0.05) is 24.6 Å². The predicted octanol–water partition coefficient (Wildman–Crippen LogP) is 7.27. The molecular formula is C30H30F9N5O3. The first kappa shape index (κ1) is 35.7. The van der Waals surface area contributed by atoms with Crippen LogP contribution in [0.5, 0.6) is 5.75 Å². The summed E-state index contributed by atoms with van der Waals surface area (Å²) in [4.78, 5) is 21.0. The van der Waals surface area contributed by atoms with Gasteiger partial charge >= 0.3 is 24.4 Å². The molecular weight excluding hydrogens is 649 g/mol. The van der Waals surface area contributed by atoms with Crippen molar-refractivity contribution in [1.29, 1.82) is 0 Å². The molecule has 3 aromatic rings. The molecule has 1 unspecified atom stereocenters. The number of alkyl halides is 9. The molecule has 47 heavy (non-hydrogen) atoms. The number of nitrogens with zero attached hydrogens (tertiary/aromatic N) is 3. The average Bonchev–Trinajstić information content (AvgIpc) is 3.00. The van der Waals surface area contributed by atoms with E-state index in [4.69, 9.17) is 15.2 Å². The summed E-state index contributed by atoms with van der Waals surface area (Å²) < 4.78 is 143. The minimum atomic E-state index is -5.28. The molecule has 256 valence electrons. The summed E-state index contributed by atoms with van der Waals surface area (Å²) in [5.74, 6) is -8.86. The van der Waals surface area contributed by atoms with E-state index in [1.54, 1.807) is 0 Å². The van der Waals surface area contributed by atoms with Gasteiger partial charge in [-0.15, -0.1) is 0 Å². The molecule has 1 aromatic heterocycles. The largest absolute Gasteiger partial charge is 0.489 e. The molecule has 0 saturated heterocycles. The summed E-state index contributed by atoms with van der Waals surface area (Å²) in [7, 11) is 0. The molecule has 3 atom stereocenters. The van der Waals surface area contributed by atoms with Crippen LogP contribution in [0.2, 0.25) is 0 Å². The van der Waals surface area contributed by atoms with Crippen molar-refractivity contribution in [3.8, 4) is 5.75 Å². The zero-order valence-electron chi connectivity index (χ0n) is 25.1. The van der Waals surface area contributed by atoms with Crippen molar-refractivity contribution < 1.29 is 53.8 Å². The number of carbonyl (C=O) groups is 1. The Bertz CT molecular complexity index is 1550. The van der Waals surface area contributed by atoms with Crippen LogP contribution in [0.15, 0.2) is 48.8 Å². The Labute approximate surface area is 263 Å². The van der Waals surface area contributed by atoms with E-state index in [0.29, 0.717) is 17.7 Å². The lowest BCUT2D eigenvalue weighted by Gasteiger charge is -2.49. The zero-order chi connectivity index (χ0) is 34.9. The number of halogens is 9. The van der Waals surface area contributed by atoms with Crippen LogP contribution in [-0.2, 0) is 17.1 Å². The molecule has 0 spiro atoms. The average molecular weight is 680 g/mol. The van der Waals surface area contributed by atoms with Crippen molar-refractivity contribution in [2.75, 3.05) is 24.7 Å². The standard InChI is InChI=1S/C30H30F9N5O3/c1-4-27(31)28(32,33)24(21-10-16(3)6-7-22(21)44(27)26(45)46-5-2)43-23(25-41-14-20(15-42-25)47-9-8-40)17-11-18(29(34,35)36)13-19(12-17)30(37,38)39/h6-7,10-15,23-24,43H,4-5,8-9,40H2,1-3H3/t23?,24-,27-/m0/s1. The number of nitrogens with one attached hydrogen (secondary N) is 1. The molecule has 0 fully saturated rings. The third-order valence-corrected chi connectivity index (χ3v) is 7.45. The molecule has 2 aromatic carbocycles. The second-order valence-electron chi connectivity index (χ2n) is 10.6. The molecule has 1 amide bonds. The van der Waals surface area contributed by atoms with Gasteiger partial charge in [0.2, 0.25) is 0 Å². The van der Waals surface area contributed by atoms with Gasteiger partial charge in [-0.05, 0) is 49.2 Å². The lowest BCUT2D eigenvalue weighted by Crippen LogP contribution is -2.66. The second-order valence-corrected chi connectivity index (χ2v) is 10.6. The number of anilines is 1. The van der Waals surface area contributed by atoms with Gasteiger partial charge in [0.25, 0.3) is 5.79 Å². The normalized spacial score (nSPS) is 20.0. The number of fused-ring (bicyclic) bond motifs is 1. The quantitative estimate of drug-likeness (QED) is 0.181. The van der Waals surface area contributed by atoms with E-state index in [1.165, 1.54) is 32.0 Å². The fraction of sp³-hybridized carbons (Fsp3) is 0.433. The molecule has 4 rings (SSSR count). The highest BCUT2D eigenvalue weighted by Crippen LogP contribution is 2.55. The highest BCUT2D eigenvalue weighted by Gasteiger charge is 2.68. The van der Waals surface area contributed by atoms with Crippen molar-refractivity contribution in [2.24, 2.45) is 5.73 Å². The van der Waals surface area contributed by atoms with Gasteiger partial charge in [0.05, 0.1) is 41.9 Å². The van der Waals surface area contributed by atoms with Gasteiger partial charge in [-0.3, -0.25) is 5.32 Å². The maximum Gasteiger partial charge on any atom is 0.417 e. The van der Waals surface area contributed by atoms with E-state index in [1.807, 2.05) is 0 Å². The summed E-state index contributed by atoms with van der Waals surface area (Å²) in [6, 6.07) is -0.125. The topological polar surface area (TPSA) is 103 Å². The Hall–Kier alpha value is -4.12. The van der Waals surface area contributed by atoms with Crippen molar-refractivity contribution in [1.82, 2.24) is 15.3 Å². The fourth-order valence-electron chi connectivity index (χ4n) is 5.24. The van der Waals surface area contributed by atoms with E-state index in [-0.39, 0.29) is 47.7 Å². The number of hydrogen-bond acceptors (Lipinski definition) is 7. The SMILES string of the molecule is CCOC(=O)N1c2ccc(C)cc2[C@H](NC(c2cc(C(F)(F)F)cc(C(F)(F)F)c2)c2ncc(OCCN)cn2)C(F)(F)[C@]1(F)CC. The number of ether oxygens (including phenoxy) is 2. The summed E-state index contributed by atoms with van der Waals surface area (Å²) in [6.07, 6.45) is -10.9. The minimum absolute atomic E-state index is 0.00392. The van der Waals surface area contributed by atoms with Crippen LogP contribution in [0.25, 0.3) is 0 Å². The summed E-state index contributed by atoms with van der Waals surface area (Å²) >= 11 is 0. The van der Waals surface area contributed by atoms with Crippen LogP contribution >= 0.6 is 0 Å². The van der Waals surface area contributed by atoms with Crippen molar-refractivity contribution in [3.05, 3.63) is 82.4 Å². The highest BCUT2D eigenvalue weighted by molar-refractivity contribution is 5.91. The summed E-state index contributed by atoms with van der Waals surface area (Å²) in [6.45, 7) is 3.73. The molecule has 2 heterocycles. The third kappa shape index (κ3) is 6.95. The number of aromatic nitrogens is 2. The fourth-order valence-corrected chi connectivity index (χ4v) is 5.24. The van der Waals surface area contributed by atoms with E-state index < -0.39 is 71.2 Å². The Morgan fingerprint density at radius 3 is 2.11 bits per heavy atom. The number of nitrogens with two attached hydrogens (primary N) is 1. The zero-order valence-corrected chi connectivity index (χ0v) is 25.1. The predicted molar refractivity (Wildman–Crippen MR) is 151 cm³/mol. The van der Waals surface area contributed by atoms with Gasteiger partial charge in [-0.2, -0.15) is 35.1 Å². The molecule has 0 aliphatic carbocycles. The van der Waals surface area contributed by atoms with Gasteiger partial charge in [0.1, 0.15) is 18.5 Å². The molecule has 1 aliphatic heterocycles. The van der Waals surface area contributed by atoms with Crippen LogP contribution in [0.3, 0.4) is 0 Å². The molecule has 1 aliphatic rings. The molecule has 0 bridgehead atoms. The highest BCUT2D eigenvalue weighted by atomic mass is 19.4. The number of benzene rings is 2. The number of hydrogen-bond donors (Lipinski definition) is 2. The Morgan fingerprint density at radius 1 is 1.00 bits per heavy atom. The first-order valence-corrected chi connectivity index (χ1v) is 14.2. The van der Waals surface area contributed by atoms with E-state index in [0.717, 1.165) is 19.3 Å². The minimum Gasteiger partial charge on any atom is -0.489 e. The van der Waals surface area contributed by atoms with E-state index in [2.05, 4.69) is 15.3 Å². The number of carbonyl (C=O) groups excluding carboxylic acids is 1. The van der Waals surface area contributed by atoms with Crippen LogP contribution < -0.4 is 20.7 Å². The smallest absolute Gasteiger partial charge is 0.417 e. The van der Waals surface area contributed by atoms with Gasteiger partial charge in [0.15, 0.2) is 5.75 Å². The van der Waals surface area contributed by atoms with Crippen molar-refractivity contribution in [2.45, 2.75) is 63.3 Å². The maximum atomic E-state index is 16.7. The van der Waals surface area contributed by atoms with Gasteiger partial charge in [0, 0.05) is 13.0 Å². The Morgan fingerprint density at radius 2 is 1.60 bits per heavy atom. The molecule has 0 saturated carbocycles. The van der Waals surface area contributed by atoms with Crippen LogP contribution in [0.4, 0.5) is 50.0 Å². The lowest BCUT2D eigenvalue weighted by atomic mass is 9.83. The lowest BCUT2D eigenvalue weighted by molar-refractivity contribution is -0.168. The Balaban J connectivity index is 1.99. The van der Waals surface area contributed by atoms with Crippen LogP contribution in [-0.4, -0.2) is 47.5 Å². The second kappa shape index (κ2) is 13.2. The first-order chi connectivity index (χ1) is 21.9. The Kier molecular flexibility index (Phi) is 10.0. The van der Waals surface area contributed by atoms with E-state index >= 15 is 13.2 Å². The van der Waals surface area contributed by atoms with Crippen LogP contribution in [0.1, 0.15) is 66.0 Å². The van der Waals surface area contributed by atoms with Gasteiger partial charge in [-0.25, -0.2) is 24.1 Å². The number of amides is 1.